The number of hydrogen-bond acceptors (Lipinski definition) is 6. The van der Waals surface area contributed by atoms with Gasteiger partial charge in [-0.15, -0.1) is 17.8 Å². The van der Waals surface area contributed by atoms with E-state index >= 15 is 0 Å². The number of primary amides is 1. The normalized spacial score (nSPS) is 15.6. The Labute approximate surface area is 169 Å². The molecule has 0 aliphatic carbocycles. The molecule has 2 aromatic rings. The molecule has 0 radical (unpaired) electrons. The SMILES string of the molecule is C#Cc1nc(NC(=O)NC(COC(N)=O)c2ccc(N3CC(F)(F)C3)cc2)cs1. The Kier molecular flexibility index (Phi) is 5.84. The third-order valence-electron chi connectivity index (χ3n) is 4.07. The fourth-order valence-corrected chi connectivity index (χ4v) is 3.26. The van der Waals surface area contributed by atoms with Gasteiger partial charge in [0.05, 0.1) is 19.1 Å². The smallest absolute Gasteiger partial charge is 0.404 e. The molecule has 0 bridgehead atoms. The van der Waals surface area contributed by atoms with Gasteiger partial charge in [0.15, 0.2) is 5.01 Å². The number of rotatable bonds is 6. The number of terminal acetylenes is 1. The quantitative estimate of drug-likeness (QED) is 0.621. The lowest BCUT2D eigenvalue weighted by molar-refractivity contribution is -0.0262. The van der Waals surface area contributed by atoms with E-state index in [1.54, 1.807) is 29.6 Å². The maximum atomic E-state index is 13.0. The number of nitrogens with one attached hydrogen (secondary N) is 2. The number of benzene rings is 1. The maximum absolute atomic E-state index is 13.0. The summed E-state index contributed by atoms with van der Waals surface area (Å²) in [7, 11) is 0. The zero-order valence-electron chi connectivity index (χ0n) is 15.0. The standard InChI is InChI=1S/C18H17F2N5O3S/c1-2-15-23-14(8-29-15)24-17(27)22-13(7-28-16(21)26)11-3-5-12(6-4-11)25-9-18(19,20)10-25/h1,3-6,8,13H,7,9-10H2,(H2,21,26)(H2,22,24,27). The molecule has 2 heterocycles. The number of carbonyl (C=O) groups excluding carboxylic acids is 2. The molecule has 0 spiro atoms. The minimum Gasteiger partial charge on any atom is -0.447 e. The number of nitrogens with two attached hydrogens (primary N) is 1. The molecule has 152 valence electrons. The first-order valence-electron chi connectivity index (χ1n) is 8.40. The lowest BCUT2D eigenvalue weighted by Gasteiger charge is -2.40. The van der Waals surface area contributed by atoms with Crippen molar-refractivity contribution in [2.45, 2.75) is 12.0 Å². The summed E-state index contributed by atoms with van der Waals surface area (Å²) < 4.78 is 30.9. The molecule has 3 rings (SSSR count). The van der Waals surface area contributed by atoms with Gasteiger partial charge in [0.1, 0.15) is 12.4 Å². The maximum Gasteiger partial charge on any atom is 0.404 e. The fraction of sp³-hybridized carbons (Fsp3) is 0.278. The summed E-state index contributed by atoms with van der Waals surface area (Å²) in [5, 5.41) is 7.18. The monoisotopic (exact) mass is 421 g/mol. The van der Waals surface area contributed by atoms with E-state index in [0.717, 1.165) is 0 Å². The van der Waals surface area contributed by atoms with E-state index in [4.69, 9.17) is 16.9 Å². The lowest BCUT2D eigenvalue weighted by atomic mass is 10.0. The van der Waals surface area contributed by atoms with Gasteiger partial charge in [0, 0.05) is 11.1 Å². The number of nitrogens with zero attached hydrogens (tertiary/aromatic N) is 2. The Morgan fingerprint density at radius 2 is 2.07 bits per heavy atom. The average Bonchev–Trinajstić information content (AvgIpc) is 3.10. The number of anilines is 2. The van der Waals surface area contributed by atoms with Crippen molar-refractivity contribution in [2.75, 3.05) is 29.9 Å². The van der Waals surface area contributed by atoms with Gasteiger partial charge in [0.2, 0.25) is 0 Å². The van der Waals surface area contributed by atoms with Crippen molar-refractivity contribution in [1.29, 1.82) is 0 Å². The predicted octanol–water partition coefficient (Wildman–Crippen LogP) is 2.54. The number of amides is 3. The second-order valence-corrected chi connectivity index (χ2v) is 7.12. The summed E-state index contributed by atoms with van der Waals surface area (Å²) in [6.45, 7) is -0.889. The molecule has 11 heteroatoms. The van der Waals surface area contributed by atoms with E-state index < -0.39 is 24.1 Å². The van der Waals surface area contributed by atoms with E-state index in [0.29, 0.717) is 16.3 Å². The number of thiazole rings is 1. The largest absolute Gasteiger partial charge is 0.447 e. The highest BCUT2D eigenvalue weighted by atomic mass is 32.1. The molecular formula is C18H17F2N5O3S. The van der Waals surface area contributed by atoms with Gasteiger partial charge in [0.25, 0.3) is 5.92 Å². The molecule has 1 aromatic heterocycles. The van der Waals surface area contributed by atoms with Crippen LogP contribution in [-0.4, -0.2) is 42.7 Å². The fourth-order valence-electron chi connectivity index (χ4n) is 2.71. The Bertz CT molecular complexity index is 934. The summed E-state index contributed by atoms with van der Waals surface area (Å²) >= 11 is 1.20. The first kappa shape index (κ1) is 20.3. The molecule has 1 atom stereocenters. The zero-order chi connectivity index (χ0) is 21.0. The van der Waals surface area contributed by atoms with Crippen molar-refractivity contribution in [3.8, 4) is 12.3 Å². The molecule has 1 saturated heterocycles. The van der Waals surface area contributed by atoms with Gasteiger partial charge in [-0.3, -0.25) is 5.32 Å². The van der Waals surface area contributed by atoms with Crippen LogP contribution in [0.2, 0.25) is 0 Å². The number of hydrogen-bond donors (Lipinski definition) is 3. The molecule has 3 amide bonds. The van der Waals surface area contributed by atoms with Crippen LogP contribution >= 0.6 is 11.3 Å². The molecule has 1 fully saturated rings. The van der Waals surface area contributed by atoms with Crippen molar-refractivity contribution in [3.63, 3.8) is 0 Å². The minimum absolute atomic E-state index is 0.212. The van der Waals surface area contributed by atoms with E-state index in [1.165, 1.54) is 16.2 Å². The Balaban J connectivity index is 1.66. The lowest BCUT2D eigenvalue weighted by Crippen LogP contribution is -2.56. The van der Waals surface area contributed by atoms with Crippen molar-refractivity contribution < 1.29 is 23.1 Å². The number of aromatic nitrogens is 1. The van der Waals surface area contributed by atoms with Gasteiger partial charge in [-0.1, -0.05) is 12.1 Å². The molecule has 1 aromatic carbocycles. The molecule has 4 N–H and O–H groups in total. The van der Waals surface area contributed by atoms with Crippen LogP contribution in [0.1, 0.15) is 16.6 Å². The molecule has 8 nitrogen and oxygen atoms in total. The molecule has 1 aliphatic heterocycles. The molecule has 0 saturated carbocycles. The van der Waals surface area contributed by atoms with Crippen LogP contribution in [0.15, 0.2) is 29.6 Å². The number of alkyl halides is 2. The Morgan fingerprint density at radius 1 is 1.38 bits per heavy atom. The highest BCUT2D eigenvalue weighted by Crippen LogP contribution is 2.32. The van der Waals surface area contributed by atoms with Gasteiger partial charge >= 0.3 is 12.1 Å². The van der Waals surface area contributed by atoms with Crippen LogP contribution in [0.3, 0.4) is 0 Å². The van der Waals surface area contributed by atoms with E-state index in [9.17, 15) is 18.4 Å². The minimum atomic E-state index is -2.68. The van der Waals surface area contributed by atoms with Crippen LogP contribution in [0.4, 0.5) is 29.9 Å². The molecule has 1 aliphatic rings. The number of halogens is 2. The first-order chi connectivity index (χ1) is 13.8. The average molecular weight is 421 g/mol. The summed E-state index contributed by atoms with van der Waals surface area (Å²) in [6, 6.07) is 5.30. The summed E-state index contributed by atoms with van der Waals surface area (Å²) in [4.78, 5) is 28.8. The Morgan fingerprint density at radius 3 is 2.62 bits per heavy atom. The van der Waals surface area contributed by atoms with E-state index in [1.807, 2.05) is 0 Å². The zero-order valence-corrected chi connectivity index (χ0v) is 15.8. The van der Waals surface area contributed by atoms with Crippen LogP contribution in [0.25, 0.3) is 0 Å². The van der Waals surface area contributed by atoms with Crippen molar-refractivity contribution >= 4 is 35.0 Å². The van der Waals surface area contributed by atoms with Crippen molar-refractivity contribution in [1.82, 2.24) is 10.3 Å². The summed E-state index contributed by atoms with van der Waals surface area (Å²) in [5.74, 6) is -0.0315. The number of ether oxygens (including phenoxy) is 1. The Hall–Kier alpha value is -3.39. The van der Waals surface area contributed by atoms with Crippen LogP contribution < -0.4 is 21.3 Å². The van der Waals surface area contributed by atoms with E-state index in [2.05, 4.69) is 21.5 Å². The second kappa shape index (κ2) is 8.32. The summed E-state index contributed by atoms with van der Waals surface area (Å²) in [5.41, 5.74) is 6.24. The molecular weight excluding hydrogens is 404 g/mol. The summed E-state index contributed by atoms with van der Waals surface area (Å²) in [6.07, 6.45) is 4.25. The highest BCUT2D eigenvalue weighted by molar-refractivity contribution is 7.10. The number of urea groups is 1. The van der Waals surface area contributed by atoms with Gasteiger partial charge in [-0.25, -0.2) is 23.4 Å². The van der Waals surface area contributed by atoms with Crippen molar-refractivity contribution in [2.24, 2.45) is 5.73 Å². The van der Waals surface area contributed by atoms with Crippen LogP contribution in [0, 0.1) is 12.3 Å². The van der Waals surface area contributed by atoms with Gasteiger partial charge in [-0.2, -0.15) is 0 Å². The number of carbonyl (C=O) groups is 2. The van der Waals surface area contributed by atoms with Crippen molar-refractivity contribution in [3.05, 3.63) is 40.2 Å². The van der Waals surface area contributed by atoms with Gasteiger partial charge in [-0.05, 0) is 23.6 Å². The van der Waals surface area contributed by atoms with E-state index in [-0.39, 0.29) is 25.5 Å². The van der Waals surface area contributed by atoms with Crippen LogP contribution in [0.5, 0.6) is 0 Å². The topological polar surface area (TPSA) is 110 Å². The first-order valence-corrected chi connectivity index (χ1v) is 9.28. The predicted molar refractivity (Wildman–Crippen MR) is 104 cm³/mol. The molecule has 29 heavy (non-hydrogen) atoms. The third-order valence-corrected chi connectivity index (χ3v) is 4.85. The van der Waals surface area contributed by atoms with Crippen LogP contribution in [-0.2, 0) is 4.74 Å². The second-order valence-electron chi connectivity index (χ2n) is 6.27. The van der Waals surface area contributed by atoms with Gasteiger partial charge < -0.3 is 20.7 Å². The third kappa shape index (κ3) is 5.32. The highest BCUT2D eigenvalue weighted by Gasteiger charge is 2.43. The molecule has 1 unspecified atom stereocenters.